The first kappa shape index (κ1) is 3.01. The Morgan fingerprint density at radius 2 is 1.86 bits per heavy atom. The molecular formula is C7H9+. The van der Waals surface area contributed by atoms with E-state index in [1.165, 1.54) is 11.8 Å². The van der Waals surface area contributed by atoms with Crippen molar-refractivity contribution in [1.29, 1.82) is 0 Å². The van der Waals surface area contributed by atoms with Gasteiger partial charge in [-0.05, 0) is 12.8 Å². The predicted molar refractivity (Wildman–Crippen MR) is 27.5 cm³/mol. The van der Waals surface area contributed by atoms with Crippen LogP contribution in [0.2, 0.25) is 0 Å². The number of hydrogen-bond acceptors (Lipinski definition) is 0. The summed E-state index contributed by atoms with van der Waals surface area (Å²) in [4.78, 5) is 0. The maximum absolute atomic E-state index is 2.59. The third-order valence-electron chi connectivity index (χ3n) is 3.04. The smallest absolute Gasteiger partial charge is 0.00196 e. The van der Waals surface area contributed by atoms with Crippen LogP contribution in [-0.4, -0.2) is 0 Å². The summed E-state index contributed by atoms with van der Waals surface area (Å²) in [5.41, 5.74) is 0. The van der Waals surface area contributed by atoms with Gasteiger partial charge in [0.2, 0.25) is 0 Å². The Kier molecular flexibility index (Phi) is 0.271. The lowest BCUT2D eigenvalue weighted by Crippen LogP contribution is -1.80. The molecule has 0 radical (unpaired) electrons. The van der Waals surface area contributed by atoms with Crippen LogP contribution in [0.4, 0.5) is 0 Å². The molecule has 4 aliphatic carbocycles. The fraction of sp³-hybridized carbons (Fsp3) is 0.857. The fourth-order valence-corrected chi connectivity index (χ4v) is 2.69. The fourth-order valence-electron chi connectivity index (χ4n) is 2.69. The van der Waals surface area contributed by atoms with Gasteiger partial charge in [-0.3, -0.25) is 0 Å². The average Bonchev–Trinajstić information content (AvgIpc) is 2.10. The lowest BCUT2D eigenvalue weighted by atomic mass is 10.1. The molecule has 4 bridgehead atoms. The Morgan fingerprint density at radius 1 is 1.14 bits per heavy atom. The van der Waals surface area contributed by atoms with Crippen LogP contribution in [0.3, 0.4) is 0 Å². The standard InChI is InChI=1S/C7H9/c1-4-2-6-5(1)7(6)3-4/h1,4-7H,2-3H2/q+1. The van der Waals surface area contributed by atoms with Crippen molar-refractivity contribution in [2.45, 2.75) is 12.8 Å². The van der Waals surface area contributed by atoms with Crippen molar-refractivity contribution in [1.82, 2.24) is 0 Å². The zero-order chi connectivity index (χ0) is 4.43. The average molecular weight is 93.1 g/mol. The molecule has 2 unspecified atom stereocenters. The zero-order valence-corrected chi connectivity index (χ0v) is 4.30. The highest BCUT2D eigenvalue weighted by Crippen LogP contribution is 2.69. The van der Waals surface area contributed by atoms with E-state index >= 15 is 0 Å². The number of hydrogen-bond donors (Lipinski definition) is 0. The van der Waals surface area contributed by atoms with E-state index in [4.69, 9.17) is 0 Å². The van der Waals surface area contributed by atoms with Gasteiger partial charge in [0.1, 0.15) is 5.92 Å². The topological polar surface area (TPSA) is 0 Å². The molecule has 0 aliphatic heterocycles. The minimum atomic E-state index is 1.08. The predicted octanol–water partition coefficient (Wildman–Crippen LogP) is 1.48. The van der Waals surface area contributed by atoms with Crippen molar-refractivity contribution in [3.05, 3.63) is 6.42 Å². The summed E-state index contributed by atoms with van der Waals surface area (Å²) in [6, 6.07) is 0. The first-order valence-corrected chi connectivity index (χ1v) is 3.30. The summed E-state index contributed by atoms with van der Waals surface area (Å²) in [6.07, 6.45) is 5.72. The van der Waals surface area contributed by atoms with Gasteiger partial charge in [-0.1, -0.05) is 0 Å². The Morgan fingerprint density at radius 3 is 2.00 bits per heavy atom. The molecule has 0 aromatic heterocycles. The van der Waals surface area contributed by atoms with Gasteiger partial charge >= 0.3 is 0 Å². The molecule has 4 fully saturated rings. The summed E-state index contributed by atoms with van der Waals surface area (Å²) in [5, 5.41) is 0. The molecule has 0 amide bonds. The summed E-state index contributed by atoms with van der Waals surface area (Å²) in [7, 11) is 0. The van der Waals surface area contributed by atoms with Crippen LogP contribution in [0, 0.1) is 30.1 Å². The van der Waals surface area contributed by atoms with Crippen LogP contribution in [0.15, 0.2) is 0 Å². The van der Waals surface area contributed by atoms with Gasteiger partial charge in [0, 0.05) is 11.8 Å². The largest absolute Gasteiger partial charge is 0.105 e. The van der Waals surface area contributed by atoms with Crippen molar-refractivity contribution in [3.8, 4) is 0 Å². The van der Waals surface area contributed by atoms with Crippen molar-refractivity contribution < 1.29 is 0 Å². The van der Waals surface area contributed by atoms with E-state index in [1.807, 2.05) is 0 Å². The first-order valence-electron chi connectivity index (χ1n) is 3.30. The minimum Gasteiger partial charge on any atom is -0.00196 e. The normalized spacial score (nSPS) is 70.9. The molecule has 0 nitrogen and oxygen atoms in total. The third kappa shape index (κ3) is 0.184. The second-order valence-electron chi connectivity index (χ2n) is 3.33. The van der Waals surface area contributed by atoms with Crippen LogP contribution >= 0.6 is 0 Å². The van der Waals surface area contributed by atoms with Gasteiger partial charge in [-0.25, -0.2) is 0 Å². The minimum absolute atomic E-state index is 1.08. The van der Waals surface area contributed by atoms with Gasteiger partial charge in [0.25, 0.3) is 0 Å². The van der Waals surface area contributed by atoms with E-state index in [9.17, 15) is 0 Å². The van der Waals surface area contributed by atoms with Crippen LogP contribution in [0.5, 0.6) is 0 Å². The lowest BCUT2D eigenvalue weighted by molar-refractivity contribution is 0.668. The summed E-state index contributed by atoms with van der Waals surface area (Å²) < 4.78 is 0. The molecule has 4 saturated carbocycles. The zero-order valence-electron chi connectivity index (χ0n) is 4.30. The molecule has 0 N–H and O–H groups in total. The van der Waals surface area contributed by atoms with Crippen LogP contribution in [0.25, 0.3) is 0 Å². The van der Waals surface area contributed by atoms with Gasteiger partial charge in [-0.15, -0.1) is 0 Å². The van der Waals surface area contributed by atoms with E-state index in [-0.39, 0.29) is 0 Å². The van der Waals surface area contributed by atoms with Gasteiger partial charge in [0.05, 0.1) is 12.3 Å². The molecular weight excluding hydrogens is 84.1 g/mol. The molecule has 0 spiro atoms. The Labute approximate surface area is 43.9 Å². The monoisotopic (exact) mass is 93.1 g/mol. The van der Waals surface area contributed by atoms with Gasteiger partial charge in [-0.2, -0.15) is 0 Å². The molecule has 7 heavy (non-hydrogen) atoms. The second-order valence-corrected chi connectivity index (χ2v) is 3.33. The molecule has 0 aromatic carbocycles. The van der Waals surface area contributed by atoms with Gasteiger partial charge in [0.15, 0.2) is 0 Å². The molecule has 4 aliphatic rings. The van der Waals surface area contributed by atoms with E-state index in [0.29, 0.717) is 0 Å². The summed E-state index contributed by atoms with van der Waals surface area (Å²) >= 11 is 0. The Balaban J connectivity index is 2.17. The molecule has 2 atom stereocenters. The highest BCUT2D eigenvalue weighted by Gasteiger charge is 2.71. The summed E-state index contributed by atoms with van der Waals surface area (Å²) in [6.45, 7) is 0. The van der Waals surface area contributed by atoms with Crippen molar-refractivity contribution in [3.63, 3.8) is 0 Å². The molecule has 0 saturated heterocycles. The molecule has 0 heterocycles. The molecule has 4 rings (SSSR count). The highest BCUT2D eigenvalue weighted by atomic mass is 14.7. The maximum Gasteiger partial charge on any atom is 0.105 e. The van der Waals surface area contributed by atoms with Crippen LogP contribution in [-0.2, 0) is 0 Å². The first-order chi connectivity index (χ1) is 3.45. The Hall–Kier alpha value is -0.130. The van der Waals surface area contributed by atoms with Gasteiger partial charge < -0.3 is 0 Å². The quantitative estimate of drug-likeness (QED) is 0.398. The molecule has 0 heteroatoms. The van der Waals surface area contributed by atoms with Crippen molar-refractivity contribution >= 4 is 0 Å². The van der Waals surface area contributed by atoms with E-state index < -0.39 is 0 Å². The van der Waals surface area contributed by atoms with Crippen molar-refractivity contribution in [2.24, 2.45) is 23.7 Å². The van der Waals surface area contributed by atoms with Crippen molar-refractivity contribution in [2.75, 3.05) is 0 Å². The molecule has 0 aromatic rings. The van der Waals surface area contributed by atoms with Crippen LogP contribution < -0.4 is 0 Å². The number of rotatable bonds is 0. The SMILES string of the molecule is [CH+]1C2CC3C1C3C2. The maximum atomic E-state index is 2.59. The van der Waals surface area contributed by atoms with E-state index in [1.54, 1.807) is 12.8 Å². The Bertz CT molecular complexity index is 87.4. The van der Waals surface area contributed by atoms with E-state index in [2.05, 4.69) is 6.42 Å². The second kappa shape index (κ2) is 0.630. The lowest BCUT2D eigenvalue weighted by Gasteiger charge is -1.81. The van der Waals surface area contributed by atoms with Crippen LogP contribution in [0.1, 0.15) is 12.8 Å². The molecule has 36 valence electrons. The highest BCUT2D eigenvalue weighted by molar-refractivity contribution is 5.20. The third-order valence-corrected chi connectivity index (χ3v) is 3.04. The van der Waals surface area contributed by atoms with E-state index in [0.717, 1.165) is 11.8 Å². The summed E-state index contributed by atoms with van der Waals surface area (Å²) in [5.74, 6) is 4.61.